The number of amides is 1. The fourth-order valence-electron chi connectivity index (χ4n) is 2.55. The number of para-hydroxylation sites is 2. The molecule has 24 heavy (non-hydrogen) atoms. The second-order valence-electron chi connectivity index (χ2n) is 5.90. The highest BCUT2D eigenvalue weighted by Gasteiger charge is 2.17. The van der Waals surface area contributed by atoms with Crippen LogP contribution in [0.5, 0.6) is 5.75 Å². The van der Waals surface area contributed by atoms with Crippen LogP contribution in [0.25, 0.3) is 0 Å². The van der Waals surface area contributed by atoms with E-state index >= 15 is 0 Å². The van der Waals surface area contributed by atoms with Crippen molar-refractivity contribution in [3.05, 3.63) is 59.9 Å². The molecule has 2 rings (SSSR count). The van der Waals surface area contributed by atoms with Crippen LogP contribution in [0.15, 0.2) is 48.5 Å². The summed E-state index contributed by atoms with van der Waals surface area (Å²) in [5, 5.41) is 6.07. The molecule has 128 valence electrons. The lowest BCUT2D eigenvalue weighted by Crippen LogP contribution is -2.33. The van der Waals surface area contributed by atoms with E-state index in [1.807, 2.05) is 12.1 Å². The van der Waals surface area contributed by atoms with E-state index < -0.39 is 0 Å². The van der Waals surface area contributed by atoms with Crippen molar-refractivity contribution in [1.29, 1.82) is 0 Å². The molecule has 2 aromatic rings. The Hall–Kier alpha value is -2.40. The minimum absolute atomic E-state index is 0.0333. The van der Waals surface area contributed by atoms with E-state index in [1.54, 1.807) is 31.4 Å². The minimum atomic E-state index is -0.268. The van der Waals surface area contributed by atoms with Crippen molar-refractivity contribution in [2.45, 2.75) is 19.9 Å². The largest absolute Gasteiger partial charge is 0.495 e. The summed E-state index contributed by atoms with van der Waals surface area (Å²) >= 11 is 0. The quantitative estimate of drug-likeness (QED) is 0.813. The summed E-state index contributed by atoms with van der Waals surface area (Å²) in [6, 6.07) is 13.6. The van der Waals surface area contributed by atoms with Gasteiger partial charge in [-0.2, -0.15) is 0 Å². The van der Waals surface area contributed by atoms with E-state index in [1.165, 1.54) is 12.1 Å². The van der Waals surface area contributed by atoms with E-state index in [0.717, 1.165) is 5.56 Å². The van der Waals surface area contributed by atoms with Gasteiger partial charge < -0.3 is 15.4 Å². The molecular formula is C19H23FN2O2. The zero-order chi connectivity index (χ0) is 17.5. The van der Waals surface area contributed by atoms with E-state index in [2.05, 4.69) is 24.5 Å². The van der Waals surface area contributed by atoms with Gasteiger partial charge in [-0.15, -0.1) is 0 Å². The third-order valence-electron chi connectivity index (χ3n) is 3.76. The number of benzene rings is 2. The summed E-state index contributed by atoms with van der Waals surface area (Å²) in [5.74, 6) is 0.446. The molecule has 0 aliphatic carbocycles. The van der Waals surface area contributed by atoms with Crippen molar-refractivity contribution in [2.75, 3.05) is 19.0 Å². The second-order valence-corrected chi connectivity index (χ2v) is 5.90. The van der Waals surface area contributed by atoms with Gasteiger partial charge in [0.05, 0.1) is 19.3 Å². The number of anilines is 1. The summed E-state index contributed by atoms with van der Waals surface area (Å²) in [7, 11) is 1.56. The van der Waals surface area contributed by atoms with Gasteiger partial charge in [0.1, 0.15) is 11.6 Å². The zero-order valence-electron chi connectivity index (χ0n) is 14.2. The molecule has 0 unspecified atom stereocenters. The van der Waals surface area contributed by atoms with Crippen LogP contribution >= 0.6 is 0 Å². The third kappa shape index (κ3) is 4.80. The topological polar surface area (TPSA) is 50.4 Å². The third-order valence-corrected chi connectivity index (χ3v) is 3.76. The highest BCUT2D eigenvalue weighted by atomic mass is 19.1. The van der Waals surface area contributed by atoms with E-state index in [0.29, 0.717) is 11.4 Å². The number of nitrogens with one attached hydrogen (secondary N) is 2. The number of methoxy groups -OCH3 is 1. The van der Waals surface area contributed by atoms with Gasteiger partial charge in [0.2, 0.25) is 5.91 Å². The number of hydrogen-bond acceptors (Lipinski definition) is 3. The van der Waals surface area contributed by atoms with E-state index in [4.69, 9.17) is 4.74 Å². The van der Waals surface area contributed by atoms with Gasteiger partial charge >= 0.3 is 0 Å². The number of rotatable bonds is 7. The smallest absolute Gasteiger partial charge is 0.238 e. The summed E-state index contributed by atoms with van der Waals surface area (Å²) in [6.07, 6.45) is 0. The Morgan fingerprint density at radius 2 is 1.79 bits per heavy atom. The van der Waals surface area contributed by atoms with Gasteiger partial charge in [-0.1, -0.05) is 38.1 Å². The van der Waals surface area contributed by atoms with Crippen LogP contribution in [-0.4, -0.2) is 19.6 Å². The van der Waals surface area contributed by atoms with E-state index in [9.17, 15) is 9.18 Å². The Bertz CT molecular complexity index is 671. The molecule has 1 atom stereocenters. The molecule has 0 aliphatic rings. The minimum Gasteiger partial charge on any atom is -0.495 e. The Labute approximate surface area is 142 Å². The monoisotopic (exact) mass is 330 g/mol. The van der Waals surface area contributed by atoms with Gasteiger partial charge in [0.15, 0.2) is 0 Å². The fourth-order valence-corrected chi connectivity index (χ4v) is 2.55. The van der Waals surface area contributed by atoms with Crippen LogP contribution < -0.4 is 15.4 Å². The first-order chi connectivity index (χ1) is 11.5. The molecule has 0 fully saturated rings. The van der Waals surface area contributed by atoms with Crippen LogP contribution in [0.4, 0.5) is 10.1 Å². The summed E-state index contributed by atoms with van der Waals surface area (Å²) < 4.78 is 18.3. The summed E-state index contributed by atoms with van der Waals surface area (Å²) in [6.45, 7) is 4.26. The first-order valence-electron chi connectivity index (χ1n) is 7.93. The highest BCUT2D eigenvalue weighted by molar-refractivity contribution is 5.93. The SMILES string of the molecule is COc1ccccc1NC(=O)CN[C@@H](c1ccc(F)cc1)C(C)C. The first kappa shape index (κ1) is 17.9. The molecule has 0 saturated carbocycles. The number of hydrogen-bond donors (Lipinski definition) is 2. The molecule has 5 heteroatoms. The van der Waals surface area contributed by atoms with Crippen molar-refractivity contribution in [3.63, 3.8) is 0 Å². The average Bonchev–Trinajstić information content (AvgIpc) is 2.57. The maximum absolute atomic E-state index is 13.1. The van der Waals surface area contributed by atoms with Gasteiger partial charge in [0.25, 0.3) is 0 Å². The van der Waals surface area contributed by atoms with Gasteiger partial charge in [-0.05, 0) is 35.7 Å². The first-order valence-corrected chi connectivity index (χ1v) is 7.93. The van der Waals surface area contributed by atoms with E-state index in [-0.39, 0.29) is 30.2 Å². The molecule has 0 heterocycles. The molecule has 2 aromatic carbocycles. The van der Waals surface area contributed by atoms with Gasteiger partial charge in [-0.3, -0.25) is 4.79 Å². The van der Waals surface area contributed by atoms with Crippen molar-refractivity contribution >= 4 is 11.6 Å². The van der Waals surface area contributed by atoms with Crippen molar-refractivity contribution in [3.8, 4) is 5.75 Å². The molecular weight excluding hydrogens is 307 g/mol. The van der Waals surface area contributed by atoms with Crippen molar-refractivity contribution in [1.82, 2.24) is 5.32 Å². The lowest BCUT2D eigenvalue weighted by molar-refractivity contribution is -0.115. The standard InChI is InChI=1S/C19H23FN2O2/c1-13(2)19(14-8-10-15(20)11-9-14)21-12-18(23)22-16-6-4-5-7-17(16)24-3/h4-11,13,19,21H,12H2,1-3H3,(H,22,23)/t19-/m1/s1. The molecule has 4 nitrogen and oxygen atoms in total. The highest BCUT2D eigenvalue weighted by Crippen LogP contribution is 2.24. The van der Waals surface area contributed by atoms with Crippen LogP contribution in [0.2, 0.25) is 0 Å². The predicted molar refractivity (Wildman–Crippen MR) is 93.6 cm³/mol. The number of carbonyl (C=O) groups is 1. The number of halogens is 1. The molecule has 1 amide bonds. The summed E-state index contributed by atoms with van der Waals surface area (Å²) in [4.78, 5) is 12.2. The molecule has 0 bridgehead atoms. The molecule has 0 aromatic heterocycles. The lowest BCUT2D eigenvalue weighted by Gasteiger charge is -2.23. The zero-order valence-corrected chi connectivity index (χ0v) is 14.2. The van der Waals surface area contributed by atoms with Gasteiger partial charge in [0, 0.05) is 6.04 Å². The number of ether oxygens (including phenoxy) is 1. The lowest BCUT2D eigenvalue weighted by atomic mass is 9.96. The molecule has 0 aliphatic heterocycles. The maximum atomic E-state index is 13.1. The molecule has 0 saturated heterocycles. The molecule has 0 spiro atoms. The van der Waals surface area contributed by atoms with Gasteiger partial charge in [-0.25, -0.2) is 4.39 Å². The van der Waals surface area contributed by atoms with Crippen LogP contribution in [0, 0.1) is 11.7 Å². The molecule has 2 N–H and O–H groups in total. The Morgan fingerprint density at radius 1 is 1.12 bits per heavy atom. The van der Waals surface area contributed by atoms with Crippen LogP contribution in [0.1, 0.15) is 25.5 Å². The summed E-state index contributed by atoms with van der Waals surface area (Å²) in [5.41, 5.74) is 1.59. The van der Waals surface area contributed by atoms with Crippen LogP contribution in [-0.2, 0) is 4.79 Å². The fraction of sp³-hybridized carbons (Fsp3) is 0.316. The Kier molecular flexibility index (Phi) is 6.32. The normalized spacial score (nSPS) is 12.0. The molecule has 0 radical (unpaired) electrons. The Morgan fingerprint density at radius 3 is 2.42 bits per heavy atom. The average molecular weight is 330 g/mol. The van der Waals surface area contributed by atoms with Crippen molar-refractivity contribution in [2.24, 2.45) is 5.92 Å². The number of carbonyl (C=O) groups excluding carboxylic acids is 1. The Balaban J connectivity index is 1.99. The second kappa shape index (κ2) is 8.45. The predicted octanol–water partition coefficient (Wildman–Crippen LogP) is 3.76. The van der Waals surface area contributed by atoms with Crippen LogP contribution in [0.3, 0.4) is 0 Å². The van der Waals surface area contributed by atoms with Crippen molar-refractivity contribution < 1.29 is 13.9 Å². The maximum Gasteiger partial charge on any atom is 0.238 e.